The van der Waals surface area contributed by atoms with Crippen LogP contribution in [0.1, 0.15) is 11.1 Å². The van der Waals surface area contributed by atoms with Crippen molar-refractivity contribution in [2.75, 3.05) is 7.11 Å². The second-order valence-electron chi connectivity index (χ2n) is 4.48. The normalized spacial score (nSPS) is 10.2. The highest BCUT2D eigenvalue weighted by Crippen LogP contribution is 2.30. The van der Waals surface area contributed by atoms with Gasteiger partial charge in [0.2, 0.25) is 0 Å². The first-order chi connectivity index (χ1) is 10.0. The van der Waals surface area contributed by atoms with Gasteiger partial charge in [-0.1, -0.05) is 23.2 Å². The number of nitro groups is 1. The van der Waals surface area contributed by atoms with Crippen LogP contribution in [0, 0.1) is 17.0 Å². The van der Waals surface area contributed by atoms with Crippen LogP contribution < -0.4 is 9.47 Å². The van der Waals surface area contributed by atoms with Gasteiger partial charge in [-0.2, -0.15) is 0 Å². The smallest absolute Gasteiger partial charge is 0.273 e. The topological polar surface area (TPSA) is 61.6 Å². The summed E-state index contributed by atoms with van der Waals surface area (Å²) in [5, 5.41) is 11.1. The van der Waals surface area contributed by atoms with Crippen LogP contribution in [0.2, 0.25) is 5.02 Å². The lowest BCUT2D eigenvalue weighted by atomic mass is 10.1. The zero-order valence-electron chi connectivity index (χ0n) is 11.6. The minimum atomic E-state index is -0.490. The van der Waals surface area contributed by atoms with Gasteiger partial charge in [0.15, 0.2) is 0 Å². The maximum atomic E-state index is 10.8. The Bertz CT molecular complexity index is 673. The molecule has 0 spiro atoms. The first-order valence-corrected chi connectivity index (χ1v) is 6.59. The molecule has 0 radical (unpaired) electrons. The zero-order chi connectivity index (χ0) is 15.4. The van der Waals surface area contributed by atoms with Crippen LogP contribution in [0.15, 0.2) is 36.4 Å². The number of ether oxygens (including phenoxy) is 2. The van der Waals surface area contributed by atoms with E-state index < -0.39 is 4.92 Å². The molecule has 2 aromatic carbocycles. The molecule has 0 aromatic heterocycles. The van der Waals surface area contributed by atoms with Crippen LogP contribution in [0.3, 0.4) is 0 Å². The summed E-state index contributed by atoms with van der Waals surface area (Å²) in [6, 6.07) is 9.81. The van der Waals surface area contributed by atoms with E-state index in [0.717, 1.165) is 11.1 Å². The van der Waals surface area contributed by atoms with E-state index in [0.29, 0.717) is 10.8 Å². The standard InChI is InChI=1S/C15H14ClNO4/c1-10-3-6-14(20-2)11(7-10)9-21-15-8-12(17(18)19)4-5-13(15)16/h3-8H,9H2,1-2H3. The lowest BCUT2D eigenvalue weighted by molar-refractivity contribution is -0.384. The van der Waals surface area contributed by atoms with Crippen LogP contribution >= 0.6 is 11.6 Å². The molecule has 0 unspecified atom stereocenters. The number of nitro benzene ring substituents is 1. The first-order valence-electron chi connectivity index (χ1n) is 6.21. The third-order valence-corrected chi connectivity index (χ3v) is 3.26. The molecule has 21 heavy (non-hydrogen) atoms. The summed E-state index contributed by atoms with van der Waals surface area (Å²) in [5.74, 6) is 0.969. The fraction of sp³-hybridized carbons (Fsp3) is 0.200. The van der Waals surface area contributed by atoms with Gasteiger partial charge in [-0.25, -0.2) is 0 Å². The summed E-state index contributed by atoms with van der Waals surface area (Å²) in [6.07, 6.45) is 0. The Balaban J connectivity index is 2.22. The molecule has 0 fully saturated rings. The molecule has 0 heterocycles. The molecule has 2 rings (SSSR count). The van der Waals surface area contributed by atoms with Crippen LogP contribution in [0.4, 0.5) is 5.69 Å². The molecular weight excluding hydrogens is 294 g/mol. The van der Waals surface area contributed by atoms with E-state index in [-0.39, 0.29) is 18.0 Å². The molecule has 2 aromatic rings. The number of methoxy groups -OCH3 is 1. The Labute approximate surface area is 127 Å². The minimum absolute atomic E-state index is 0.0643. The van der Waals surface area contributed by atoms with Crippen LogP contribution in [0.25, 0.3) is 0 Å². The average molecular weight is 308 g/mol. The molecule has 0 saturated carbocycles. The fourth-order valence-electron chi connectivity index (χ4n) is 1.89. The largest absolute Gasteiger partial charge is 0.496 e. The second kappa shape index (κ2) is 6.45. The number of nitrogens with zero attached hydrogens (tertiary/aromatic N) is 1. The summed E-state index contributed by atoms with van der Waals surface area (Å²) < 4.78 is 10.9. The molecule has 5 nitrogen and oxygen atoms in total. The third-order valence-electron chi connectivity index (χ3n) is 2.94. The van der Waals surface area contributed by atoms with Crippen molar-refractivity contribution in [3.63, 3.8) is 0 Å². The maximum Gasteiger partial charge on any atom is 0.273 e. The Morgan fingerprint density at radius 2 is 1.95 bits per heavy atom. The molecule has 0 aliphatic rings. The number of halogens is 1. The highest BCUT2D eigenvalue weighted by atomic mass is 35.5. The van der Waals surface area contributed by atoms with Gasteiger partial charge in [0.25, 0.3) is 5.69 Å². The number of rotatable bonds is 5. The van der Waals surface area contributed by atoms with Crippen molar-refractivity contribution in [2.45, 2.75) is 13.5 Å². The predicted molar refractivity (Wildman–Crippen MR) is 80.2 cm³/mol. The lowest BCUT2D eigenvalue weighted by Crippen LogP contribution is -2.00. The second-order valence-corrected chi connectivity index (χ2v) is 4.88. The van der Waals surface area contributed by atoms with Crippen molar-refractivity contribution in [1.82, 2.24) is 0 Å². The Morgan fingerprint density at radius 1 is 1.19 bits per heavy atom. The molecule has 0 aliphatic heterocycles. The minimum Gasteiger partial charge on any atom is -0.496 e. The number of non-ortho nitro benzene ring substituents is 1. The van der Waals surface area contributed by atoms with Crippen LogP contribution in [-0.4, -0.2) is 12.0 Å². The number of hydrogen-bond acceptors (Lipinski definition) is 4. The van der Waals surface area contributed by atoms with Crippen molar-refractivity contribution < 1.29 is 14.4 Å². The van der Waals surface area contributed by atoms with Gasteiger partial charge in [-0.05, 0) is 25.1 Å². The van der Waals surface area contributed by atoms with Gasteiger partial charge in [0.1, 0.15) is 18.1 Å². The van der Waals surface area contributed by atoms with Gasteiger partial charge in [-0.3, -0.25) is 10.1 Å². The first kappa shape index (κ1) is 15.1. The third kappa shape index (κ3) is 3.64. The Hall–Kier alpha value is -2.27. The molecule has 0 atom stereocenters. The molecule has 0 bridgehead atoms. The number of aryl methyl sites for hydroxylation is 1. The molecule has 6 heteroatoms. The molecule has 0 N–H and O–H groups in total. The summed E-state index contributed by atoms with van der Waals surface area (Å²) in [5.41, 5.74) is 1.85. The number of hydrogen-bond donors (Lipinski definition) is 0. The molecule has 0 aliphatic carbocycles. The summed E-state index contributed by atoms with van der Waals surface area (Å²) in [4.78, 5) is 10.3. The molecule has 0 saturated heterocycles. The van der Waals surface area contributed by atoms with Crippen molar-refractivity contribution in [3.8, 4) is 11.5 Å². The van der Waals surface area contributed by atoms with E-state index in [4.69, 9.17) is 21.1 Å². The van der Waals surface area contributed by atoms with E-state index in [1.165, 1.54) is 18.2 Å². The van der Waals surface area contributed by atoms with Crippen molar-refractivity contribution in [3.05, 3.63) is 62.7 Å². The van der Waals surface area contributed by atoms with Gasteiger partial charge in [-0.15, -0.1) is 0 Å². The predicted octanol–water partition coefficient (Wildman–Crippen LogP) is 4.14. The lowest BCUT2D eigenvalue weighted by Gasteiger charge is -2.12. The van der Waals surface area contributed by atoms with Gasteiger partial charge >= 0.3 is 0 Å². The average Bonchev–Trinajstić information content (AvgIpc) is 2.46. The molecule has 110 valence electrons. The van der Waals surface area contributed by atoms with Crippen molar-refractivity contribution in [1.29, 1.82) is 0 Å². The monoisotopic (exact) mass is 307 g/mol. The molecule has 0 amide bonds. The van der Waals surface area contributed by atoms with Gasteiger partial charge in [0, 0.05) is 11.6 Å². The van der Waals surface area contributed by atoms with E-state index in [2.05, 4.69) is 0 Å². The molecular formula is C15H14ClNO4. The Morgan fingerprint density at radius 3 is 2.62 bits per heavy atom. The summed E-state index contributed by atoms with van der Waals surface area (Å²) >= 11 is 5.99. The van der Waals surface area contributed by atoms with Crippen LogP contribution in [-0.2, 0) is 6.61 Å². The number of benzene rings is 2. The van der Waals surface area contributed by atoms with E-state index >= 15 is 0 Å². The van der Waals surface area contributed by atoms with E-state index in [1.807, 2.05) is 25.1 Å². The van der Waals surface area contributed by atoms with Gasteiger partial charge < -0.3 is 9.47 Å². The van der Waals surface area contributed by atoms with E-state index in [9.17, 15) is 10.1 Å². The highest BCUT2D eigenvalue weighted by molar-refractivity contribution is 6.32. The maximum absolute atomic E-state index is 10.8. The van der Waals surface area contributed by atoms with Crippen molar-refractivity contribution in [2.24, 2.45) is 0 Å². The van der Waals surface area contributed by atoms with E-state index in [1.54, 1.807) is 7.11 Å². The Kier molecular flexibility index (Phi) is 4.65. The SMILES string of the molecule is COc1ccc(C)cc1COc1cc([N+](=O)[O-])ccc1Cl. The quantitative estimate of drug-likeness (QED) is 0.615. The highest BCUT2D eigenvalue weighted by Gasteiger charge is 2.12. The van der Waals surface area contributed by atoms with Gasteiger partial charge in [0.05, 0.1) is 23.1 Å². The fourth-order valence-corrected chi connectivity index (χ4v) is 2.06. The summed E-state index contributed by atoms with van der Waals surface area (Å²) in [6.45, 7) is 2.18. The summed E-state index contributed by atoms with van der Waals surface area (Å²) in [7, 11) is 1.58. The zero-order valence-corrected chi connectivity index (χ0v) is 12.4. The van der Waals surface area contributed by atoms with Crippen LogP contribution in [0.5, 0.6) is 11.5 Å². The van der Waals surface area contributed by atoms with Crippen molar-refractivity contribution >= 4 is 17.3 Å².